The first-order chi connectivity index (χ1) is 9.36. The van der Waals surface area contributed by atoms with E-state index in [1.165, 1.54) is 30.4 Å². The van der Waals surface area contributed by atoms with Crippen LogP contribution < -0.4 is 5.32 Å². The molecule has 0 fully saturated rings. The van der Waals surface area contributed by atoms with Gasteiger partial charge in [0.2, 0.25) is 0 Å². The van der Waals surface area contributed by atoms with Crippen molar-refractivity contribution in [3.8, 4) is 0 Å². The zero-order valence-electron chi connectivity index (χ0n) is 12.3. The highest BCUT2D eigenvalue weighted by atomic mass is 16.5. The monoisotopic (exact) mass is 261 g/mol. The Labute approximate surface area is 117 Å². The van der Waals surface area contributed by atoms with Gasteiger partial charge >= 0.3 is 0 Å². The minimum absolute atomic E-state index is 0.329. The van der Waals surface area contributed by atoms with Crippen molar-refractivity contribution in [1.82, 2.24) is 5.32 Å². The highest BCUT2D eigenvalue weighted by Gasteiger charge is 2.27. The van der Waals surface area contributed by atoms with Crippen molar-refractivity contribution in [2.45, 2.75) is 58.1 Å². The Kier molecular flexibility index (Phi) is 5.87. The molecule has 0 radical (unpaired) electrons. The Morgan fingerprint density at radius 1 is 1.26 bits per heavy atom. The van der Waals surface area contributed by atoms with Crippen LogP contribution in [-0.2, 0) is 11.2 Å². The minimum Gasteiger partial charge on any atom is -0.376 e. The van der Waals surface area contributed by atoms with E-state index < -0.39 is 0 Å². The molecular weight excluding hydrogens is 234 g/mol. The maximum Gasteiger partial charge on any atom is 0.0769 e. The number of benzene rings is 1. The van der Waals surface area contributed by atoms with Gasteiger partial charge < -0.3 is 10.1 Å². The molecule has 0 aliphatic heterocycles. The van der Waals surface area contributed by atoms with E-state index in [0.717, 1.165) is 26.0 Å². The lowest BCUT2D eigenvalue weighted by molar-refractivity contribution is 0.0198. The number of hydrogen-bond acceptors (Lipinski definition) is 2. The Hall–Kier alpha value is -0.860. The van der Waals surface area contributed by atoms with E-state index in [2.05, 4.69) is 43.4 Å². The van der Waals surface area contributed by atoms with Crippen molar-refractivity contribution in [3.63, 3.8) is 0 Å². The number of aryl methyl sites for hydroxylation is 1. The molecule has 0 heterocycles. The van der Waals surface area contributed by atoms with E-state index in [0.29, 0.717) is 12.1 Å². The van der Waals surface area contributed by atoms with E-state index in [9.17, 15) is 0 Å². The quantitative estimate of drug-likeness (QED) is 0.620. The van der Waals surface area contributed by atoms with Gasteiger partial charge in [-0.05, 0) is 43.4 Å². The number of nitrogens with one attached hydrogen (secondary N) is 1. The molecule has 1 aliphatic rings. The molecule has 0 saturated carbocycles. The largest absolute Gasteiger partial charge is 0.376 e. The molecule has 2 rings (SSSR count). The van der Waals surface area contributed by atoms with Crippen molar-refractivity contribution in [2.24, 2.45) is 0 Å². The Bertz CT molecular complexity index is 377. The van der Waals surface area contributed by atoms with E-state index in [1.807, 2.05) is 0 Å². The second-order valence-electron chi connectivity index (χ2n) is 5.39. The molecule has 0 saturated heterocycles. The van der Waals surface area contributed by atoms with Crippen LogP contribution in [0.5, 0.6) is 0 Å². The number of rotatable bonds is 6. The summed E-state index contributed by atoms with van der Waals surface area (Å²) in [6, 6.07) is 9.20. The third-order valence-electron chi connectivity index (χ3n) is 3.95. The summed E-state index contributed by atoms with van der Waals surface area (Å²) < 4.78 is 6.16. The van der Waals surface area contributed by atoms with Crippen molar-refractivity contribution in [3.05, 3.63) is 35.4 Å². The lowest BCUT2D eigenvalue weighted by atomic mass is 9.97. The fourth-order valence-electron chi connectivity index (χ4n) is 2.95. The topological polar surface area (TPSA) is 21.3 Å². The maximum atomic E-state index is 6.16. The molecular formula is C17H27NO. The summed E-state index contributed by atoms with van der Waals surface area (Å²) >= 11 is 0. The molecule has 2 unspecified atom stereocenters. The van der Waals surface area contributed by atoms with E-state index in [1.54, 1.807) is 0 Å². The summed E-state index contributed by atoms with van der Waals surface area (Å²) in [6.45, 7) is 6.28. The van der Waals surface area contributed by atoms with Crippen molar-refractivity contribution < 1.29 is 4.74 Å². The summed E-state index contributed by atoms with van der Waals surface area (Å²) in [5.41, 5.74) is 2.94. The molecule has 19 heavy (non-hydrogen) atoms. The van der Waals surface area contributed by atoms with Gasteiger partial charge in [-0.2, -0.15) is 0 Å². The van der Waals surface area contributed by atoms with Gasteiger partial charge in [-0.3, -0.25) is 0 Å². The van der Waals surface area contributed by atoms with Gasteiger partial charge in [0.1, 0.15) is 0 Å². The maximum absolute atomic E-state index is 6.16. The van der Waals surface area contributed by atoms with Gasteiger partial charge in [-0.1, -0.05) is 44.5 Å². The number of likely N-dealkylation sites (N-methyl/N-ethyl adjacent to an activating group) is 1. The molecule has 1 aromatic rings. The van der Waals surface area contributed by atoms with Crippen LogP contribution in [0.4, 0.5) is 0 Å². The average Bonchev–Trinajstić information content (AvgIpc) is 2.60. The van der Waals surface area contributed by atoms with Crippen LogP contribution in [-0.4, -0.2) is 19.3 Å². The first kappa shape index (κ1) is 14.5. The second-order valence-corrected chi connectivity index (χ2v) is 5.39. The molecule has 2 nitrogen and oxygen atoms in total. The van der Waals surface area contributed by atoms with E-state index in [-0.39, 0.29) is 0 Å². The smallest absolute Gasteiger partial charge is 0.0769 e. The van der Waals surface area contributed by atoms with Gasteiger partial charge in [-0.25, -0.2) is 0 Å². The summed E-state index contributed by atoms with van der Waals surface area (Å²) in [7, 11) is 0. The van der Waals surface area contributed by atoms with E-state index in [4.69, 9.17) is 4.74 Å². The van der Waals surface area contributed by atoms with Gasteiger partial charge in [0.15, 0.2) is 0 Å². The fourth-order valence-corrected chi connectivity index (χ4v) is 2.95. The molecule has 1 aliphatic carbocycles. The van der Waals surface area contributed by atoms with Gasteiger partial charge in [0.05, 0.1) is 12.1 Å². The van der Waals surface area contributed by atoms with Crippen LogP contribution in [0, 0.1) is 0 Å². The Morgan fingerprint density at radius 3 is 2.89 bits per heavy atom. The number of hydrogen-bond donors (Lipinski definition) is 1. The lowest BCUT2D eigenvalue weighted by Gasteiger charge is -2.27. The summed E-state index contributed by atoms with van der Waals surface area (Å²) in [6.07, 6.45) is 6.28. The van der Waals surface area contributed by atoms with Crippen molar-refractivity contribution in [1.29, 1.82) is 0 Å². The predicted molar refractivity (Wildman–Crippen MR) is 80.4 cm³/mol. The summed E-state index contributed by atoms with van der Waals surface area (Å²) in [4.78, 5) is 0. The third kappa shape index (κ3) is 3.80. The molecule has 106 valence electrons. The third-order valence-corrected chi connectivity index (χ3v) is 3.95. The van der Waals surface area contributed by atoms with Crippen LogP contribution in [0.1, 0.15) is 56.7 Å². The second kappa shape index (κ2) is 7.66. The van der Waals surface area contributed by atoms with Crippen LogP contribution in [0.15, 0.2) is 24.3 Å². The van der Waals surface area contributed by atoms with Crippen LogP contribution in [0.2, 0.25) is 0 Å². The standard InChI is InChI=1S/C17H27NO/c1-3-5-13-19-16-12-8-10-14-9-6-7-11-15(14)17(16)18-4-2/h6-7,9,11,16-18H,3-5,8,10,12-13H2,1-2H3. The molecule has 2 heteroatoms. The Morgan fingerprint density at radius 2 is 2.11 bits per heavy atom. The number of unbranched alkanes of at least 4 members (excludes halogenated alkanes) is 1. The van der Waals surface area contributed by atoms with Crippen LogP contribution >= 0.6 is 0 Å². The SMILES string of the molecule is CCCCOC1CCCc2ccccc2C1NCC. The minimum atomic E-state index is 0.329. The fraction of sp³-hybridized carbons (Fsp3) is 0.647. The highest BCUT2D eigenvalue weighted by Crippen LogP contribution is 2.30. The van der Waals surface area contributed by atoms with Crippen LogP contribution in [0.3, 0.4) is 0 Å². The number of ether oxygens (including phenoxy) is 1. The zero-order chi connectivity index (χ0) is 13.5. The van der Waals surface area contributed by atoms with Crippen molar-refractivity contribution >= 4 is 0 Å². The molecule has 0 amide bonds. The molecule has 0 bridgehead atoms. The van der Waals surface area contributed by atoms with Crippen molar-refractivity contribution in [2.75, 3.05) is 13.2 Å². The Balaban J connectivity index is 2.14. The first-order valence-corrected chi connectivity index (χ1v) is 7.79. The van der Waals surface area contributed by atoms with E-state index >= 15 is 0 Å². The van der Waals surface area contributed by atoms with Gasteiger partial charge in [0.25, 0.3) is 0 Å². The van der Waals surface area contributed by atoms with Crippen LogP contribution in [0.25, 0.3) is 0 Å². The molecule has 1 aromatic carbocycles. The number of fused-ring (bicyclic) bond motifs is 1. The molecule has 0 aromatic heterocycles. The average molecular weight is 261 g/mol. The van der Waals surface area contributed by atoms with Gasteiger partial charge in [-0.15, -0.1) is 0 Å². The lowest BCUT2D eigenvalue weighted by Crippen LogP contribution is -2.33. The summed E-state index contributed by atoms with van der Waals surface area (Å²) in [5.74, 6) is 0. The molecule has 1 N–H and O–H groups in total. The predicted octanol–water partition coefficient (Wildman–Crippen LogP) is 3.86. The highest BCUT2D eigenvalue weighted by molar-refractivity contribution is 5.32. The normalized spacial score (nSPS) is 22.8. The van der Waals surface area contributed by atoms with Gasteiger partial charge in [0, 0.05) is 6.61 Å². The molecule has 0 spiro atoms. The first-order valence-electron chi connectivity index (χ1n) is 7.79. The zero-order valence-corrected chi connectivity index (χ0v) is 12.3. The summed E-state index contributed by atoms with van der Waals surface area (Å²) in [5, 5.41) is 3.63. The molecule has 2 atom stereocenters.